The van der Waals surface area contributed by atoms with Crippen molar-refractivity contribution < 1.29 is 5.11 Å². The summed E-state index contributed by atoms with van der Waals surface area (Å²) >= 11 is 5.07. The average molecular weight is 92.5 g/mol. The van der Waals surface area contributed by atoms with E-state index < -0.39 is 0 Å². The van der Waals surface area contributed by atoms with Crippen molar-refractivity contribution in [1.29, 1.82) is 0 Å². The molecule has 0 aromatic carbocycles. The Kier molecular flexibility index (Phi) is 2.02. The largest absolute Gasteiger partial charge is 0.514 e. The van der Waals surface area contributed by atoms with Gasteiger partial charge in [0.1, 0.15) is 0 Å². The van der Waals surface area contributed by atoms with Crippen LogP contribution < -0.4 is 0 Å². The fourth-order valence-corrected chi connectivity index (χ4v) is 0. The summed E-state index contributed by atoms with van der Waals surface area (Å²) in [5.74, 6) is 0. The molecular formula is C3H5ClO. The number of aliphatic hydroxyl groups is 1. The zero-order valence-electron chi connectivity index (χ0n) is 2.90. The second kappa shape index (κ2) is 2.09. The van der Waals surface area contributed by atoms with Crippen LogP contribution in [0.3, 0.4) is 0 Å². The summed E-state index contributed by atoms with van der Waals surface area (Å²) < 4.78 is 0. The summed E-state index contributed by atoms with van der Waals surface area (Å²) in [6.45, 7) is 1.60. The molecule has 2 heteroatoms. The minimum absolute atomic E-state index is 0.407. The van der Waals surface area contributed by atoms with Gasteiger partial charge in [0.2, 0.25) is 0 Å². The highest BCUT2D eigenvalue weighted by atomic mass is 35.5. The van der Waals surface area contributed by atoms with Gasteiger partial charge >= 0.3 is 0 Å². The highest BCUT2D eigenvalue weighted by Gasteiger charge is 1.66. The molecule has 0 aliphatic carbocycles. The van der Waals surface area contributed by atoms with Crippen molar-refractivity contribution in [3.63, 3.8) is 0 Å². The third-order valence-corrected chi connectivity index (χ3v) is 0.275. The van der Waals surface area contributed by atoms with E-state index in [0.717, 1.165) is 6.26 Å². The molecule has 0 aromatic rings. The molecule has 0 fully saturated rings. The number of aliphatic hydroxyl groups excluding tert-OH is 1. The van der Waals surface area contributed by atoms with Crippen LogP contribution in [0.25, 0.3) is 0 Å². The van der Waals surface area contributed by atoms with E-state index in [1.165, 1.54) is 0 Å². The first-order valence-corrected chi connectivity index (χ1v) is 1.61. The minimum atomic E-state index is 0.407. The Balaban J connectivity index is 3.14. The summed E-state index contributed by atoms with van der Waals surface area (Å²) in [5, 5.41) is 8.26. The van der Waals surface area contributed by atoms with Crippen LogP contribution in [0.5, 0.6) is 0 Å². The molecule has 0 aliphatic heterocycles. The standard InChI is InChI=1S/C3H5ClO/c1-3(4)2-5/h2,5H,1H3/b3-2-. The van der Waals surface area contributed by atoms with Gasteiger partial charge in [-0.1, -0.05) is 11.6 Å². The lowest BCUT2D eigenvalue weighted by atomic mass is 10.7. The lowest BCUT2D eigenvalue weighted by molar-refractivity contribution is 0.471. The lowest BCUT2D eigenvalue weighted by Gasteiger charge is -1.70. The van der Waals surface area contributed by atoms with Gasteiger partial charge in [0.15, 0.2) is 0 Å². The molecule has 0 aromatic heterocycles. The highest BCUT2D eigenvalue weighted by molar-refractivity contribution is 6.29. The van der Waals surface area contributed by atoms with Crippen molar-refractivity contribution in [3.8, 4) is 0 Å². The Morgan fingerprint density at radius 1 is 2.00 bits per heavy atom. The Morgan fingerprint density at radius 3 is 2.20 bits per heavy atom. The van der Waals surface area contributed by atoms with Crippen molar-refractivity contribution in [2.24, 2.45) is 0 Å². The molecule has 0 aliphatic rings. The molecule has 1 nitrogen and oxygen atoms in total. The van der Waals surface area contributed by atoms with E-state index in [9.17, 15) is 0 Å². The molecule has 0 rings (SSSR count). The van der Waals surface area contributed by atoms with Crippen LogP contribution in [0.15, 0.2) is 11.3 Å². The molecule has 0 atom stereocenters. The third-order valence-electron chi connectivity index (χ3n) is 0.178. The van der Waals surface area contributed by atoms with Crippen LogP contribution in [-0.2, 0) is 0 Å². The highest BCUT2D eigenvalue weighted by Crippen LogP contribution is 1.92. The van der Waals surface area contributed by atoms with Crippen LogP contribution in [0.4, 0.5) is 0 Å². The average Bonchev–Trinajstić information content (AvgIpc) is 1.38. The summed E-state index contributed by atoms with van der Waals surface area (Å²) in [6, 6.07) is 0. The first kappa shape index (κ1) is 4.83. The van der Waals surface area contributed by atoms with Crippen molar-refractivity contribution in [1.82, 2.24) is 0 Å². The molecule has 0 spiro atoms. The lowest BCUT2D eigenvalue weighted by Crippen LogP contribution is -1.50. The van der Waals surface area contributed by atoms with Crippen molar-refractivity contribution >= 4 is 11.6 Å². The predicted molar refractivity (Wildman–Crippen MR) is 22.2 cm³/mol. The SMILES string of the molecule is C/C(Cl)=C/O. The predicted octanol–water partition coefficient (Wildman–Crippen LogP) is 1.64. The number of hydrogen-bond acceptors (Lipinski definition) is 1. The third kappa shape index (κ3) is 3.83. The molecule has 0 unspecified atom stereocenters. The smallest absolute Gasteiger partial charge is 0.0933 e. The van der Waals surface area contributed by atoms with E-state index in [1.54, 1.807) is 6.92 Å². The van der Waals surface area contributed by atoms with Crippen LogP contribution >= 0.6 is 11.6 Å². The summed E-state index contributed by atoms with van der Waals surface area (Å²) in [7, 11) is 0. The molecule has 0 amide bonds. The van der Waals surface area contributed by atoms with Crippen molar-refractivity contribution in [2.45, 2.75) is 6.92 Å². The van der Waals surface area contributed by atoms with Gasteiger partial charge in [-0.3, -0.25) is 0 Å². The summed E-state index contributed by atoms with van der Waals surface area (Å²) in [4.78, 5) is 0. The second-order valence-corrected chi connectivity index (χ2v) is 1.31. The Morgan fingerprint density at radius 2 is 2.20 bits per heavy atom. The van der Waals surface area contributed by atoms with E-state index >= 15 is 0 Å². The van der Waals surface area contributed by atoms with Gasteiger partial charge < -0.3 is 5.11 Å². The molecule has 0 heterocycles. The first-order valence-electron chi connectivity index (χ1n) is 1.24. The number of halogens is 1. The molecule has 0 radical (unpaired) electrons. The molecule has 0 saturated heterocycles. The minimum Gasteiger partial charge on any atom is -0.514 e. The van der Waals surface area contributed by atoms with Gasteiger partial charge in [-0.25, -0.2) is 0 Å². The van der Waals surface area contributed by atoms with Crippen LogP contribution in [-0.4, -0.2) is 5.11 Å². The fourth-order valence-electron chi connectivity index (χ4n) is 0. The molecule has 0 saturated carbocycles. The van der Waals surface area contributed by atoms with Crippen molar-refractivity contribution in [3.05, 3.63) is 11.3 Å². The quantitative estimate of drug-likeness (QED) is 0.451. The van der Waals surface area contributed by atoms with E-state index in [0.29, 0.717) is 5.03 Å². The van der Waals surface area contributed by atoms with Crippen molar-refractivity contribution in [2.75, 3.05) is 0 Å². The van der Waals surface area contributed by atoms with Gasteiger partial charge in [0.25, 0.3) is 0 Å². The maximum Gasteiger partial charge on any atom is 0.0933 e. The van der Waals surface area contributed by atoms with Crippen LogP contribution in [0.2, 0.25) is 0 Å². The Hall–Kier alpha value is -0.170. The number of rotatable bonds is 0. The van der Waals surface area contributed by atoms with Gasteiger partial charge in [-0.15, -0.1) is 0 Å². The summed E-state index contributed by atoms with van der Waals surface area (Å²) in [5.41, 5.74) is 0. The van der Waals surface area contributed by atoms with Gasteiger partial charge in [-0.05, 0) is 6.92 Å². The van der Waals surface area contributed by atoms with E-state index in [4.69, 9.17) is 16.7 Å². The Bertz CT molecular complexity index is 44.9. The maximum atomic E-state index is 7.85. The monoisotopic (exact) mass is 92.0 g/mol. The van der Waals surface area contributed by atoms with E-state index in [2.05, 4.69) is 0 Å². The molecule has 0 bridgehead atoms. The van der Waals surface area contributed by atoms with Gasteiger partial charge in [-0.2, -0.15) is 0 Å². The van der Waals surface area contributed by atoms with E-state index in [-0.39, 0.29) is 0 Å². The molecule has 1 N–H and O–H groups in total. The maximum absolute atomic E-state index is 7.85. The van der Waals surface area contributed by atoms with E-state index in [1.807, 2.05) is 0 Å². The first-order chi connectivity index (χ1) is 2.27. The second-order valence-electron chi connectivity index (χ2n) is 0.716. The zero-order valence-corrected chi connectivity index (χ0v) is 3.66. The van der Waals surface area contributed by atoms with Crippen LogP contribution in [0, 0.1) is 0 Å². The topological polar surface area (TPSA) is 20.2 Å². The zero-order chi connectivity index (χ0) is 4.28. The molecular weight excluding hydrogens is 87.5 g/mol. The molecule has 5 heavy (non-hydrogen) atoms. The van der Waals surface area contributed by atoms with Crippen LogP contribution in [0.1, 0.15) is 6.92 Å². The number of allylic oxidation sites excluding steroid dienone is 1. The summed E-state index contributed by atoms with van der Waals surface area (Å²) in [6.07, 6.45) is 0.849. The Labute approximate surface area is 35.9 Å². The molecule has 30 valence electrons. The normalized spacial score (nSPS) is 12.0. The fraction of sp³-hybridized carbons (Fsp3) is 0.333. The van der Waals surface area contributed by atoms with Gasteiger partial charge in [0.05, 0.1) is 6.26 Å². The van der Waals surface area contributed by atoms with Gasteiger partial charge in [0, 0.05) is 5.03 Å². The number of hydrogen-bond donors (Lipinski definition) is 1.